The van der Waals surface area contributed by atoms with E-state index < -0.39 is 11.8 Å². The number of ether oxygens (including phenoxy) is 1. The summed E-state index contributed by atoms with van der Waals surface area (Å²) in [4.78, 5) is 43.5. The van der Waals surface area contributed by atoms with E-state index in [9.17, 15) is 14.4 Å². The summed E-state index contributed by atoms with van der Waals surface area (Å²) in [6.45, 7) is 2.32. The number of anilines is 2. The highest BCUT2D eigenvalue weighted by Gasteiger charge is 2.16. The summed E-state index contributed by atoms with van der Waals surface area (Å²) in [6, 6.07) is 28.3. The second-order valence-corrected chi connectivity index (χ2v) is 9.43. The fraction of sp³-hybridized carbons (Fsp3) is 0.0968. The number of thioether (sulfide) groups is 1. The van der Waals surface area contributed by atoms with Crippen molar-refractivity contribution in [1.29, 1.82) is 0 Å². The number of benzene rings is 3. The van der Waals surface area contributed by atoms with E-state index in [2.05, 4.69) is 20.9 Å². The van der Waals surface area contributed by atoms with Gasteiger partial charge < -0.3 is 20.7 Å². The molecule has 1 aromatic heterocycles. The Hall–Kier alpha value is -4.89. The Kier molecular flexibility index (Phi) is 10.1. The molecule has 0 bridgehead atoms. The molecule has 0 atom stereocenters. The standard InChI is InChI=1S/C31H28N4O4S/c1-2-39-27-16-7-6-13-23(27)19-26(34-30(37)22-11-4-3-5-12-22)31(38)33-24-14-10-15-25(20-24)40-21-29(36)35-28-17-8-9-18-32-28/h3-20H,2,21H2,1H3,(H,33,38)(H,34,37)(H,32,35,36)/b26-19+. The van der Waals surface area contributed by atoms with Crippen LogP contribution in [0.25, 0.3) is 6.08 Å². The zero-order valence-corrected chi connectivity index (χ0v) is 22.6. The largest absolute Gasteiger partial charge is 0.493 e. The van der Waals surface area contributed by atoms with Gasteiger partial charge in [-0.25, -0.2) is 4.98 Å². The van der Waals surface area contributed by atoms with Gasteiger partial charge >= 0.3 is 0 Å². The van der Waals surface area contributed by atoms with Crippen LogP contribution < -0.4 is 20.7 Å². The van der Waals surface area contributed by atoms with E-state index in [0.29, 0.717) is 35.0 Å². The molecule has 3 aromatic carbocycles. The van der Waals surface area contributed by atoms with Gasteiger partial charge in [0, 0.05) is 27.9 Å². The highest BCUT2D eigenvalue weighted by atomic mass is 32.2. The first-order chi connectivity index (χ1) is 19.5. The van der Waals surface area contributed by atoms with E-state index in [-0.39, 0.29) is 17.4 Å². The molecule has 0 saturated heterocycles. The predicted molar refractivity (Wildman–Crippen MR) is 158 cm³/mol. The zero-order valence-electron chi connectivity index (χ0n) is 21.8. The Morgan fingerprint density at radius 1 is 0.875 bits per heavy atom. The number of aromatic nitrogens is 1. The van der Waals surface area contributed by atoms with Crippen molar-refractivity contribution in [3.05, 3.63) is 120 Å². The lowest BCUT2D eigenvalue weighted by Crippen LogP contribution is -2.30. The second kappa shape index (κ2) is 14.3. The molecule has 0 spiro atoms. The van der Waals surface area contributed by atoms with E-state index in [1.807, 2.05) is 31.2 Å². The Morgan fingerprint density at radius 3 is 2.42 bits per heavy atom. The number of nitrogens with zero attached hydrogens (tertiary/aromatic N) is 1. The Bertz CT molecular complexity index is 1490. The lowest BCUT2D eigenvalue weighted by Gasteiger charge is -2.13. The third kappa shape index (κ3) is 8.31. The molecule has 3 amide bonds. The summed E-state index contributed by atoms with van der Waals surface area (Å²) in [5.41, 5.74) is 1.62. The number of hydrogen-bond donors (Lipinski definition) is 3. The van der Waals surface area contributed by atoms with Crippen molar-refractivity contribution < 1.29 is 19.1 Å². The van der Waals surface area contributed by atoms with Crippen LogP contribution in [0.3, 0.4) is 0 Å². The molecule has 0 aliphatic carbocycles. The van der Waals surface area contributed by atoms with Crippen LogP contribution in [0, 0.1) is 0 Å². The first kappa shape index (κ1) is 28.1. The highest BCUT2D eigenvalue weighted by Crippen LogP contribution is 2.24. The normalized spacial score (nSPS) is 10.9. The molecule has 202 valence electrons. The maximum absolute atomic E-state index is 13.4. The van der Waals surface area contributed by atoms with Crippen LogP contribution in [0.1, 0.15) is 22.8 Å². The van der Waals surface area contributed by atoms with Crippen LogP contribution >= 0.6 is 11.8 Å². The minimum absolute atomic E-state index is 0.0498. The van der Waals surface area contributed by atoms with Crippen LogP contribution in [0.5, 0.6) is 5.75 Å². The summed E-state index contributed by atoms with van der Waals surface area (Å²) >= 11 is 1.32. The molecule has 8 nitrogen and oxygen atoms in total. The van der Waals surface area contributed by atoms with E-state index in [1.54, 1.807) is 85.1 Å². The van der Waals surface area contributed by atoms with Crippen molar-refractivity contribution >= 4 is 47.1 Å². The van der Waals surface area contributed by atoms with Crippen LogP contribution in [0.2, 0.25) is 0 Å². The third-order valence-electron chi connectivity index (χ3n) is 5.44. The van der Waals surface area contributed by atoms with Crippen molar-refractivity contribution in [1.82, 2.24) is 10.3 Å². The van der Waals surface area contributed by atoms with Crippen molar-refractivity contribution in [2.75, 3.05) is 23.0 Å². The average molecular weight is 553 g/mol. The maximum Gasteiger partial charge on any atom is 0.272 e. The molecule has 0 radical (unpaired) electrons. The lowest BCUT2D eigenvalue weighted by molar-refractivity contribution is -0.114. The second-order valence-electron chi connectivity index (χ2n) is 8.38. The molecule has 0 aliphatic heterocycles. The lowest BCUT2D eigenvalue weighted by atomic mass is 10.1. The van der Waals surface area contributed by atoms with Gasteiger partial charge in [0.25, 0.3) is 11.8 Å². The van der Waals surface area contributed by atoms with Gasteiger partial charge in [0.1, 0.15) is 17.3 Å². The number of carbonyl (C=O) groups is 3. The van der Waals surface area contributed by atoms with Crippen LogP contribution in [-0.4, -0.2) is 35.1 Å². The van der Waals surface area contributed by atoms with Gasteiger partial charge in [0.05, 0.1) is 12.4 Å². The topological polar surface area (TPSA) is 109 Å². The fourth-order valence-corrected chi connectivity index (χ4v) is 4.37. The van der Waals surface area contributed by atoms with Crippen LogP contribution in [-0.2, 0) is 9.59 Å². The fourth-order valence-electron chi connectivity index (χ4n) is 3.61. The molecular weight excluding hydrogens is 524 g/mol. The van der Waals surface area contributed by atoms with Gasteiger partial charge in [-0.05, 0) is 61.5 Å². The van der Waals surface area contributed by atoms with Gasteiger partial charge in [-0.15, -0.1) is 11.8 Å². The van der Waals surface area contributed by atoms with E-state index in [4.69, 9.17) is 4.74 Å². The van der Waals surface area contributed by atoms with Gasteiger partial charge in [-0.1, -0.05) is 48.5 Å². The molecule has 0 unspecified atom stereocenters. The van der Waals surface area contributed by atoms with E-state index in [0.717, 1.165) is 4.90 Å². The summed E-state index contributed by atoms with van der Waals surface area (Å²) in [6.07, 6.45) is 3.19. The number of carbonyl (C=O) groups excluding carboxylic acids is 3. The molecule has 0 fully saturated rings. The number of pyridine rings is 1. The highest BCUT2D eigenvalue weighted by molar-refractivity contribution is 8.00. The minimum Gasteiger partial charge on any atom is -0.493 e. The third-order valence-corrected chi connectivity index (χ3v) is 6.44. The van der Waals surface area contributed by atoms with Gasteiger partial charge in [-0.2, -0.15) is 0 Å². The molecule has 40 heavy (non-hydrogen) atoms. The SMILES string of the molecule is CCOc1ccccc1/C=C(/NC(=O)c1ccccc1)C(=O)Nc1cccc(SCC(=O)Nc2ccccn2)c1. The van der Waals surface area contributed by atoms with Crippen LogP contribution in [0.15, 0.2) is 114 Å². The maximum atomic E-state index is 13.4. The number of nitrogens with one attached hydrogen (secondary N) is 3. The number of amides is 3. The Balaban J connectivity index is 1.49. The Morgan fingerprint density at radius 2 is 1.65 bits per heavy atom. The van der Waals surface area contributed by atoms with Gasteiger partial charge in [0.2, 0.25) is 5.91 Å². The van der Waals surface area contributed by atoms with Crippen molar-refractivity contribution in [2.45, 2.75) is 11.8 Å². The molecule has 4 rings (SSSR count). The van der Waals surface area contributed by atoms with E-state index >= 15 is 0 Å². The molecular formula is C31H28N4O4S. The molecule has 9 heteroatoms. The first-order valence-electron chi connectivity index (χ1n) is 12.6. The summed E-state index contributed by atoms with van der Waals surface area (Å²) < 4.78 is 5.70. The molecule has 0 aliphatic rings. The van der Waals surface area contributed by atoms with Gasteiger partial charge in [0.15, 0.2) is 0 Å². The molecule has 3 N–H and O–H groups in total. The molecule has 1 heterocycles. The van der Waals surface area contributed by atoms with E-state index in [1.165, 1.54) is 11.8 Å². The number of hydrogen-bond acceptors (Lipinski definition) is 6. The van der Waals surface area contributed by atoms with Crippen molar-refractivity contribution in [3.8, 4) is 5.75 Å². The molecule has 0 saturated carbocycles. The van der Waals surface area contributed by atoms with Crippen molar-refractivity contribution in [2.24, 2.45) is 0 Å². The van der Waals surface area contributed by atoms with Crippen molar-refractivity contribution in [3.63, 3.8) is 0 Å². The zero-order chi connectivity index (χ0) is 28.2. The summed E-state index contributed by atoms with van der Waals surface area (Å²) in [7, 11) is 0. The quantitative estimate of drug-likeness (QED) is 0.165. The predicted octanol–water partition coefficient (Wildman–Crippen LogP) is 5.62. The minimum atomic E-state index is -0.509. The summed E-state index contributed by atoms with van der Waals surface area (Å²) in [5.74, 6) is 0.119. The summed E-state index contributed by atoms with van der Waals surface area (Å²) in [5, 5.41) is 8.34. The van der Waals surface area contributed by atoms with Crippen LogP contribution in [0.4, 0.5) is 11.5 Å². The Labute approximate surface area is 236 Å². The monoisotopic (exact) mass is 552 g/mol. The average Bonchev–Trinajstić information content (AvgIpc) is 2.98. The smallest absolute Gasteiger partial charge is 0.272 e. The molecule has 4 aromatic rings. The number of rotatable bonds is 11. The first-order valence-corrected chi connectivity index (χ1v) is 13.6. The number of para-hydroxylation sites is 1. The van der Waals surface area contributed by atoms with Gasteiger partial charge in [-0.3, -0.25) is 14.4 Å².